The number of hydrogen-bond donors (Lipinski definition) is 3. The lowest BCUT2D eigenvalue weighted by atomic mass is 10.3. The summed E-state index contributed by atoms with van der Waals surface area (Å²) in [6, 6.07) is -0.317. The molecule has 0 saturated heterocycles. The van der Waals surface area contributed by atoms with E-state index in [0.29, 0.717) is 17.8 Å². The fourth-order valence-corrected chi connectivity index (χ4v) is 1.21. The molecule has 1 heterocycles. The number of carbonyl (C=O) groups excluding carboxylic acids is 1. The Morgan fingerprint density at radius 1 is 1.79 bits per heavy atom. The Hall–Kier alpha value is -1.59. The van der Waals surface area contributed by atoms with Crippen molar-refractivity contribution in [3.63, 3.8) is 0 Å². The third kappa shape index (κ3) is 1.55. The average Bonchev–Trinajstić information content (AvgIpc) is 2.72. The highest BCUT2D eigenvalue weighted by atomic mass is 19.1. The highest BCUT2D eigenvalue weighted by Gasteiger charge is 2.39. The normalized spacial score (nSPS) is 24.4. The summed E-state index contributed by atoms with van der Waals surface area (Å²) in [5, 5.41) is 11.7. The maximum Gasteiger partial charge on any atom is 0.256 e. The minimum Gasteiger partial charge on any atom is -0.373 e. The number of amides is 1. The van der Waals surface area contributed by atoms with E-state index in [2.05, 4.69) is 20.8 Å². The monoisotopic (exact) mass is 198 g/mol. The van der Waals surface area contributed by atoms with E-state index < -0.39 is 6.17 Å². The number of carbonyl (C=O) groups is 1. The molecule has 0 aliphatic heterocycles. The first-order chi connectivity index (χ1) is 6.72. The minimum absolute atomic E-state index is 0.298. The summed E-state index contributed by atoms with van der Waals surface area (Å²) in [5.41, 5.74) is 0.409. The number of hydrogen-bond acceptors (Lipinski definition) is 3. The summed E-state index contributed by atoms with van der Waals surface area (Å²) in [6.07, 6.45) is 0.943. The number of alkyl halides is 1. The maximum atomic E-state index is 12.5. The van der Waals surface area contributed by atoms with Crippen LogP contribution in [0.15, 0.2) is 6.20 Å². The van der Waals surface area contributed by atoms with Crippen molar-refractivity contribution in [3.05, 3.63) is 11.8 Å². The van der Waals surface area contributed by atoms with Crippen LogP contribution in [0.25, 0.3) is 0 Å². The van der Waals surface area contributed by atoms with Crippen LogP contribution in [-0.4, -0.2) is 35.4 Å². The van der Waals surface area contributed by atoms with Crippen LogP contribution in [0.4, 0.5) is 10.2 Å². The molecule has 1 aromatic heterocycles. The van der Waals surface area contributed by atoms with E-state index in [9.17, 15) is 9.18 Å². The molecule has 0 spiro atoms. The summed E-state index contributed by atoms with van der Waals surface area (Å²) < 4.78 is 12.5. The van der Waals surface area contributed by atoms with Gasteiger partial charge in [-0.3, -0.25) is 9.89 Å². The van der Waals surface area contributed by atoms with Crippen molar-refractivity contribution in [1.29, 1.82) is 0 Å². The molecule has 0 bridgehead atoms. The molecule has 76 valence electrons. The molecule has 1 aliphatic rings. The molecule has 1 amide bonds. The van der Waals surface area contributed by atoms with Crippen molar-refractivity contribution in [2.45, 2.75) is 18.6 Å². The Bertz CT molecular complexity index is 351. The number of nitrogens with zero attached hydrogens (tertiary/aromatic N) is 1. The zero-order chi connectivity index (χ0) is 10.1. The van der Waals surface area contributed by atoms with E-state index in [1.54, 1.807) is 7.05 Å². The second-order valence-electron chi connectivity index (χ2n) is 3.24. The van der Waals surface area contributed by atoms with Gasteiger partial charge in [-0.25, -0.2) is 4.39 Å². The molecule has 14 heavy (non-hydrogen) atoms. The van der Waals surface area contributed by atoms with Gasteiger partial charge in [-0.2, -0.15) is 5.10 Å². The van der Waals surface area contributed by atoms with Crippen molar-refractivity contribution in [3.8, 4) is 0 Å². The molecule has 1 fully saturated rings. The quantitative estimate of drug-likeness (QED) is 0.653. The summed E-state index contributed by atoms with van der Waals surface area (Å²) in [4.78, 5) is 11.5. The molecule has 0 aromatic carbocycles. The van der Waals surface area contributed by atoms with Gasteiger partial charge in [0.25, 0.3) is 5.91 Å². The number of aromatic nitrogens is 2. The van der Waals surface area contributed by atoms with Gasteiger partial charge in [-0.05, 0) is 0 Å². The molecule has 3 N–H and O–H groups in total. The maximum absolute atomic E-state index is 12.5. The van der Waals surface area contributed by atoms with Crippen LogP contribution in [0, 0.1) is 0 Å². The van der Waals surface area contributed by atoms with Crippen molar-refractivity contribution in [2.24, 2.45) is 0 Å². The average molecular weight is 198 g/mol. The Morgan fingerprint density at radius 2 is 2.50 bits per heavy atom. The minimum atomic E-state index is -0.885. The molecular weight excluding hydrogens is 187 g/mol. The zero-order valence-electron chi connectivity index (χ0n) is 7.67. The number of H-pyrrole nitrogens is 1. The van der Waals surface area contributed by atoms with Crippen LogP contribution >= 0.6 is 0 Å². The van der Waals surface area contributed by atoms with Gasteiger partial charge in [0.2, 0.25) is 0 Å². The van der Waals surface area contributed by atoms with Gasteiger partial charge >= 0.3 is 0 Å². The van der Waals surface area contributed by atoms with Gasteiger partial charge in [0.1, 0.15) is 17.6 Å². The van der Waals surface area contributed by atoms with Crippen LogP contribution in [0.2, 0.25) is 0 Å². The molecule has 0 radical (unpaired) electrons. The first kappa shape index (κ1) is 8.98. The van der Waals surface area contributed by atoms with Crippen LogP contribution in [0.5, 0.6) is 0 Å². The Balaban J connectivity index is 2.03. The molecule has 2 rings (SSSR count). The molecule has 2 atom stereocenters. The predicted molar refractivity (Wildman–Crippen MR) is 48.9 cm³/mol. The standard InChI is InChI=1S/C8H11FN4O/c1-10-7-4(3-11-13-7)8(14)12-6-2-5(6)9/h3,5-6H,2H2,1H3,(H,12,14)(H2,10,11,13)/t5-,6+/m0/s1. The Morgan fingerprint density at radius 3 is 3.07 bits per heavy atom. The van der Waals surface area contributed by atoms with Crippen molar-refractivity contribution in [2.75, 3.05) is 12.4 Å². The molecule has 5 nitrogen and oxygen atoms in total. The highest BCUT2D eigenvalue weighted by molar-refractivity contribution is 5.98. The second-order valence-corrected chi connectivity index (χ2v) is 3.24. The number of rotatable bonds is 3. The fourth-order valence-electron chi connectivity index (χ4n) is 1.21. The van der Waals surface area contributed by atoms with Crippen molar-refractivity contribution in [1.82, 2.24) is 15.5 Å². The molecule has 0 unspecified atom stereocenters. The van der Waals surface area contributed by atoms with E-state index in [0.717, 1.165) is 0 Å². The van der Waals surface area contributed by atoms with Gasteiger partial charge in [-0.1, -0.05) is 0 Å². The van der Waals surface area contributed by atoms with Crippen LogP contribution in [0.3, 0.4) is 0 Å². The second kappa shape index (κ2) is 3.28. The predicted octanol–water partition coefficient (Wildman–Crippen LogP) is 0.292. The number of halogens is 1. The molecule has 1 saturated carbocycles. The van der Waals surface area contributed by atoms with Crippen molar-refractivity contribution < 1.29 is 9.18 Å². The molecule has 6 heteroatoms. The van der Waals surface area contributed by atoms with E-state index in [-0.39, 0.29) is 11.9 Å². The number of anilines is 1. The van der Waals surface area contributed by atoms with Gasteiger partial charge in [0.05, 0.1) is 12.2 Å². The topological polar surface area (TPSA) is 69.8 Å². The van der Waals surface area contributed by atoms with Crippen molar-refractivity contribution >= 4 is 11.7 Å². The summed E-state index contributed by atoms with van der Waals surface area (Å²) >= 11 is 0. The first-order valence-electron chi connectivity index (χ1n) is 4.38. The van der Waals surface area contributed by atoms with Crippen LogP contribution in [0.1, 0.15) is 16.8 Å². The van der Waals surface area contributed by atoms with Gasteiger partial charge in [-0.15, -0.1) is 0 Å². The lowest BCUT2D eigenvalue weighted by Crippen LogP contribution is -2.27. The van der Waals surface area contributed by atoms with Gasteiger partial charge in [0.15, 0.2) is 0 Å². The molecular formula is C8H11FN4O. The Kier molecular flexibility index (Phi) is 2.11. The lowest BCUT2D eigenvalue weighted by molar-refractivity contribution is 0.0948. The highest BCUT2D eigenvalue weighted by Crippen LogP contribution is 2.25. The summed E-state index contributed by atoms with van der Waals surface area (Å²) in [5.74, 6) is 0.242. The smallest absolute Gasteiger partial charge is 0.256 e. The van der Waals surface area contributed by atoms with E-state index >= 15 is 0 Å². The third-order valence-corrected chi connectivity index (χ3v) is 2.16. The summed E-state index contributed by atoms with van der Waals surface area (Å²) in [7, 11) is 1.68. The number of aromatic amines is 1. The van der Waals surface area contributed by atoms with E-state index in [1.807, 2.05) is 0 Å². The van der Waals surface area contributed by atoms with Gasteiger partial charge in [0, 0.05) is 13.5 Å². The summed E-state index contributed by atoms with van der Waals surface area (Å²) in [6.45, 7) is 0. The van der Waals surface area contributed by atoms with E-state index in [4.69, 9.17) is 0 Å². The zero-order valence-corrected chi connectivity index (χ0v) is 7.67. The largest absolute Gasteiger partial charge is 0.373 e. The molecule has 1 aromatic rings. The number of nitrogens with one attached hydrogen (secondary N) is 3. The SMILES string of the molecule is CNc1[nH]ncc1C(=O)N[C@@H]1C[C@@H]1F. The van der Waals surface area contributed by atoms with E-state index in [1.165, 1.54) is 6.20 Å². The Labute approximate surface area is 80.1 Å². The fraction of sp³-hybridized carbons (Fsp3) is 0.500. The van der Waals surface area contributed by atoms with Crippen LogP contribution < -0.4 is 10.6 Å². The van der Waals surface area contributed by atoms with Crippen LogP contribution in [-0.2, 0) is 0 Å². The lowest BCUT2D eigenvalue weighted by Gasteiger charge is -2.02. The van der Waals surface area contributed by atoms with Gasteiger partial charge < -0.3 is 10.6 Å². The first-order valence-corrected chi connectivity index (χ1v) is 4.38. The third-order valence-electron chi connectivity index (χ3n) is 2.16. The molecule has 1 aliphatic carbocycles.